The number of carbonyl (C=O) groups is 1. The minimum absolute atomic E-state index is 0. The molecule has 22 heavy (non-hydrogen) atoms. The summed E-state index contributed by atoms with van der Waals surface area (Å²) in [7, 11) is 1.44. The van der Waals surface area contributed by atoms with Crippen molar-refractivity contribution in [2.24, 2.45) is 11.3 Å². The van der Waals surface area contributed by atoms with Crippen LogP contribution in [0.3, 0.4) is 0 Å². The number of thiophene rings is 1. The van der Waals surface area contributed by atoms with Crippen molar-refractivity contribution in [1.29, 1.82) is 0 Å². The van der Waals surface area contributed by atoms with Crippen molar-refractivity contribution in [3.63, 3.8) is 0 Å². The van der Waals surface area contributed by atoms with Gasteiger partial charge in [0.05, 0.1) is 25.7 Å². The minimum Gasteiger partial charge on any atom is -0.468 e. The van der Waals surface area contributed by atoms with Gasteiger partial charge in [0.2, 0.25) is 0 Å². The average molecular weight is 342 g/mol. The number of hydrogen-bond acceptors (Lipinski definition) is 7. The van der Waals surface area contributed by atoms with E-state index in [0.29, 0.717) is 19.8 Å². The summed E-state index contributed by atoms with van der Waals surface area (Å²) in [5.41, 5.74) is -0.554. The Hall–Kier alpha value is -1.44. The maximum atomic E-state index is 12.2. The molecule has 6 nitrogen and oxygen atoms in total. The second kappa shape index (κ2) is 5.64. The molecule has 0 unspecified atom stereocenters. The Balaban J connectivity index is 0.00000144. The third-order valence-corrected chi connectivity index (χ3v) is 5.33. The monoisotopic (exact) mass is 341 g/mol. The second-order valence-electron chi connectivity index (χ2n) is 5.58. The lowest BCUT2D eigenvalue weighted by atomic mass is 9.81. The van der Waals surface area contributed by atoms with Crippen LogP contribution < -0.4 is 4.90 Å². The highest BCUT2D eigenvalue weighted by molar-refractivity contribution is 7.16. The molecule has 2 aliphatic rings. The first kappa shape index (κ1) is 15.5. The van der Waals surface area contributed by atoms with Crippen LogP contribution in [-0.2, 0) is 14.3 Å². The van der Waals surface area contributed by atoms with Crippen molar-refractivity contribution in [2.45, 2.75) is 0 Å². The highest BCUT2D eigenvalue weighted by Gasteiger charge is 2.57. The Morgan fingerprint density at radius 3 is 3.23 bits per heavy atom. The van der Waals surface area contributed by atoms with E-state index in [-0.39, 0.29) is 24.3 Å². The summed E-state index contributed by atoms with van der Waals surface area (Å²) in [5.74, 6) is 0.885. The van der Waals surface area contributed by atoms with Gasteiger partial charge in [-0.25, -0.2) is 9.97 Å². The van der Waals surface area contributed by atoms with Gasteiger partial charge < -0.3 is 14.4 Å². The number of fused-ring (bicyclic) bond motifs is 2. The number of methoxy groups -OCH3 is 1. The number of aromatic nitrogens is 2. The number of halogens is 1. The van der Waals surface area contributed by atoms with Crippen molar-refractivity contribution in [3.05, 3.63) is 17.8 Å². The Bertz CT molecular complexity index is 709. The number of rotatable bonds is 2. The number of nitrogens with zero attached hydrogens (tertiary/aromatic N) is 3. The first-order valence-corrected chi connectivity index (χ1v) is 7.72. The predicted octanol–water partition coefficient (Wildman–Crippen LogP) is 1.74. The molecule has 0 N–H and O–H groups in total. The molecule has 2 atom stereocenters. The zero-order valence-electron chi connectivity index (χ0n) is 12.0. The molecule has 0 aromatic carbocycles. The molecule has 4 rings (SSSR count). The number of esters is 1. The zero-order chi connectivity index (χ0) is 14.4. The van der Waals surface area contributed by atoms with Gasteiger partial charge in [-0.2, -0.15) is 0 Å². The maximum Gasteiger partial charge on any atom is 0.316 e. The number of ether oxygens (including phenoxy) is 2. The Kier molecular flexibility index (Phi) is 3.96. The lowest BCUT2D eigenvalue weighted by Crippen LogP contribution is -2.40. The lowest BCUT2D eigenvalue weighted by Gasteiger charge is -2.24. The summed E-state index contributed by atoms with van der Waals surface area (Å²) in [6.07, 6.45) is 1.59. The van der Waals surface area contributed by atoms with E-state index >= 15 is 0 Å². The van der Waals surface area contributed by atoms with Crippen molar-refractivity contribution < 1.29 is 14.3 Å². The topological polar surface area (TPSA) is 64.6 Å². The summed E-state index contributed by atoms with van der Waals surface area (Å²) in [6, 6.07) is 2.03. The van der Waals surface area contributed by atoms with Crippen LogP contribution in [-0.4, -0.2) is 49.4 Å². The largest absolute Gasteiger partial charge is 0.468 e. The van der Waals surface area contributed by atoms with Crippen LogP contribution in [0.25, 0.3) is 10.2 Å². The standard InChI is InChI=1S/C14H15N3O3S.ClH/c1-19-13(18)14-6-17(4-9(14)5-20-7-14)11-10-2-3-21-12(10)16-8-15-11;/h2-3,8-9H,4-7H2,1H3;1H/t9-,14-;/m0./s1. The van der Waals surface area contributed by atoms with E-state index in [9.17, 15) is 4.79 Å². The molecular formula is C14H16ClN3O3S. The predicted molar refractivity (Wildman–Crippen MR) is 85.6 cm³/mol. The van der Waals surface area contributed by atoms with Gasteiger partial charge in [0.25, 0.3) is 0 Å². The van der Waals surface area contributed by atoms with Gasteiger partial charge in [0, 0.05) is 19.0 Å². The molecule has 0 spiro atoms. The third kappa shape index (κ3) is 2.07. The van der Waals surface area contributed by atoms with Crippen molar-refractivity contribution in [2.75, 3.05) is 38.3 Å². The normalized spacial score (nSPS) is 26.8. The van der Waals surface area contributed by atoms with Gasteiger partial charge in [-0.3, -0.25) is 4.79 Å². The molecule has 2 saturated heterocycles. The SMILES string of the molecule is COC(=O)[C@@]12COC[C@@H]1CN(c1ncnc3sccc13)C2.Cl. The molecule has 118 valence electrons. The van der Waals surface area contributed by atoms with E-state index in [4.69, 9.17) is 9.47 Å². The van der Waals surface area contributed by atoms with E-state index in [1.807, 2.05) is 11.4 Å². The maximum absolute atomic E-state index is 12.2. The molecule has 8 heteroatoms. The summed E-state index contributed by atoms with van der Waals surface area (Å²) >= 11 is 1.60. The van der Waals surface area contributed by atoms with Gasteiger partial charge in [-0.1, -0.05) is 0 Å². The van der Waals surface area contributed by atoms with E-state index < -0.39 is 5.41 Å². The summed E-state index contributed by atoms with van der Waals surface area (Å²) in [6.45, 7) is 2.38. The quantitative estimate of drug-likeness (QED) is 0.775. The minimum atomic E-state index is -0.554. The Morgan fingerprint density at radius 1 is 1.55 bits per heavy atom. The van der Waals surface area contributed by atoms with E-state index in [1.165, 1.54) is 7.11 Å². The van der Waals surface area contributed by atoms with E-state index in [0.717, 1.165) is 22.6 Å². The summed E-state index contributed by atoms with van der Waals surface area (Å²) < 4.78 is 10.6. The lowest BCUT2D eigenvalue weighted by molar-refractivity contribution is -0.152. The highest BCUT2D eigenvalue weighted by Crippen LogP contribution is 2.44. The van der Waals surface area contributed by atoms with Gasteiger partial charge in [0.1, 0.15) is 22.4 Å². The molecule has 0 saturated carbocycles. The van der Waals surface area contributed by atoms with Gasteiger partial charge >= 0.3 is 5.97 Å². The van der Waals surface area contributed by atoms with Gasteiger partial charge in [0.15, 0.2) is 0 Å². The fourth-order valence-corrected chi connectivity index (χ4v) is 4.15. The highest BCUT2D eigenvalue weighted by atomic mass is 35.5. The van der Waals surface area contributed by atoms with Crippen LogP contribution in [0.15, 0.2) is 17.8 Å². The molecule has 2 fully saturated rings. The average Bonchev–Trinajstić information content (AvgIpc) is 3.18. The number of carbonyl (C=O) groups excluding carboxylic acids is 1. The molecular weight excluding hydrogens is 326 g/mol. The van der Waals surface area contributed by atoms with E-state index in [2.05, 4.69) is 14.9 Å². The molecule has 0 bridgehead atoms. The molecule has 0 aliphatic carbocycles. The summed E-state index contributed by atoms with van der Waals surface area (Å²) in [4.78, 5) is 24.1. The molecule has 0 amide bonds. The van der Waals surface area contributed by atoms with Crippen LogP contribution in [0.2, 0.25) is 0 Å². The van der Waals surface area contributed by atoms with Crippen LogP contribution in [0, 0.1) is 11.3 Å². The first-order valence-electron chi connectivity index (χ1n) is 6.84. The van der Waals surface area contributed by atoms with Gasteiger partial charge in [-0.15, -0.1) is 23.7 Å². The van der Waals surface area contributed by atoms with Crippen molar-refractivity contribution >= 4 is 45.7 Å². The fourth-order valence-electron chi connectivity index (χ4n) is 3.42. The molecule has 2 aliphatic heterocycles. The van der Waals surface area contributed by atoms with Crippen LogP contribution >= 0.6 is 23.7 Å². The van der Waals surface area contributed by atoms with Gasteiger partial charge in [-0.05, 0) is 11.4 Å². The number of hydrogen-bond donors (Lipinski definition) is 0. The Labute approximate surface area is 137 Å². The van der Waals surface area contributed by atoms with E-state index in [1.54, 1.807) is 17.7 Å². The van der Waals surface area contributed by atoms with Crippen LogP contribution in [0.5, 0.6) is 0 Å². The second-order valence-corrected chi connectivity index (χ2v) is 6.47. The molecule has 2 aromatic rings. The van der Waals surface area contributed by atoms with Crippen LogP contribution in [0.1, 0.15) is 0 Å². The van der Waals surface area contributed by atoms with Crippen molar-refractivity contribution in [1.82, 2.24) is 9.97 Å². The third-order valence-electron chi connectivity index (χ3n) is 4.51. The molecule has 4 heterocycles. The zero-order valence-corrected chi connectivity index (χ0v) is 13.7. The molecule has 2 aromatic heterocycles. The fraction of sp³-hybridized carbons (Fsp3) is 0.500. The van der Waals surface area contributed by atoms with Crippen molar-refractivity contribution in [3.8, 4) is 0 Å². The Morgan fingerprint density at radius 2 is 2.41 bits per heavy atom. The smallest absolute Gasteiger partial charge is 0.316 e. The molecule has 0 radical (unpaired) electrons. The summed E-state index contributed by atoms with van der Waals surface area (Å²) in [5, 5.41) is 3.06. The van der Waals surface area contributed by atoms with Crippen LogP contribution in [0.4, 0.5) is 5.82 Å². The first-order chi connectivity index (χ1) is 10.2. The number of anilines is 1.